The fourth-order valence-electron chi connectivity index (χ4n) is 1.01. The molecule has 0 spiro atoms. The van der Waals surface area contributed by atoms with E-state index >= 15 is 0 Å². The quantitative estimate of drug-likeness (QED) is 0.632. The van der Waals surface area contributed by atoms with Crippen molar-refractivity contribution in [1.82, 2.24) is 15.2 Å². The van der Waals surface area contributed by atoms with E-state index in [2.05, 4.69) is 15.2 Å². The minimum atomic E-state index is -0.556. The minimum Gasteiger partial charge on any atom is -0.843 e. The average molecular weight is 172 g/mol. The van der Waals surface area contributed by atoms with Crippen LogP contribution in [0, 0.1) is 0 Å². The van der Waals surface area contributed by atoms with Crippen molar-refractivity contribution in [2.24, 2.45) is 0 Å². The molecule has 0 aliphatic rings. The van der Waals surface area contributed by atoms with Gasteiger partial charge >= 0.3 is 0 Å². The summed E-state index contributed by atoms with van der Waals surface area (Å²) in [6, 6.07) is 8.91. The van der Waals surface area contributed by atoms with E-state index in [-0.39, 0.29) is 0 Å². The zero-order valence-corrected chi connectivity index (χ0v) is 6.71. The maximum atomic E-state index is 10.6. The van der Waals surface area contributed by atoms with Gasteiger partial charge in [0.05, 0.1) is 6.20 Å². The molecule has 1 aromatic carbocycles. The predicted octanol–water partition coefficient (Wildman–Crippen LogP) is 0.612. The van der Waals surface area contributed by atoms with Gasteiger partial charge in [-0.3, -0.25) is 0 Å². The van der Waals surface area contributed by atoms with Gasteiger partial charge in [-0.1, -0.05) is 30.3 Å². The number of benzene rings is 1. The lowest BCUT2D eigenvalue weighted by Crippen LogP contribution is -1.99. The number of rotatable bonds is 1. The van der Waals surface area contributed by atoms with Crippen molar-refractivity contribution in [1.29, 1.82) is 0 Å². The lowest BCUT2D eigenvalue weighted by molar-refractivity contribution is -0.282. The van der Waals surface area contributed by atoms with Gasteiger partial charge < -0.3 is 5.11 Å². The smallest absolute Gasteiger partial charge is 0.111 e. The predicted molar refractivity (Wildman–Crippen MR) is 44.7 cm³/mol. The Hall–Kier alpha value is -1.97. The summed E-state index contributed by atoms with van der Waals surface area (Å²) in [6.07, 6.45) is 1.42. The van der Waals surface area contributed by atoms with Gasteiger partial charge in [-0.25, -0.2) is 4.98 Å². The maximum absolute atomic E-state index is 10.6. The van der Waals surface area contributed by atoms with Crippen LogP contribution in [0.1, 0.15) is 0 Å². The van der Waals surface area contributed by atoms with Crippen molar-refractivity contribution >= 4 is 0 Å². The summed E-state index contributed by atoms with van der Waals surface area (Å²) >= 11 is 0. The molecule has 2 rings (SSSR count). The first kappa shape index (κ1) is 7.67. The Morgan fingerprint density at radius 2 is 1.77 bits per heavy atom. The molecule has 1 heterocycles. The zero-order chi connectivity index (χ0) is 9.10. The average Bonchev–Trinajstić information content (AvgIpc) is 2.20. The number of hydrogen-bond acceptors (Lipinski definition) is 4. The molecular weight excluding hydrogens is 166 g/mol. The molecule has 0 aliphatic heterocycles. The first-order valence-electron chi connectivity index (χ1n) is 3.78. The van der Waals surface area contributed by atoms with Gasteiger partial charge in [0, 0.05) is 5.56 Å². The normalized spacial score (nSPS) is 9.85. The zero-order valence-electron chi connectivity index (χ0n) is 6.71. The molecule has 0 bridgehead atoms. The molecule has 13 heavy (non-hydrogen) atoms. The molecule has 0 radical (unpaired) electrons. The van der Waals surface area contributed by atoms with Crippen LogP contribution in [-0.4, -0.2) is 15.2 Å². The number of nitrogens with zero attached hydrogens (tertiary/aromatic N) is 3. The van der Waals surface area contributed by atoms with Crippen molar-refractivity contribution < 1.29 is 5.11 Å². The monoisotopic (exact) mass is 172 g/mol. The van der Waals surface area contributed by atoms with E-state index < -0.39 is 6.01 Å². The molecule has 64 valence electrons. The lowest BCUT2D eigenvalue weighted by atomic mass is 10.2. The van der Waals surface area contributed by atoms with Crippen LogP contribution in [0.2, 0.25) is 0 Å². The molecule has 0 aliphatic carbocycles. The standard InChI is InChI=1S/C9H7N3O/c13-9-10-6-8(11-12-9)7-4-2-1-3-5-7/h1-6H,(H,10,12,13)/p-1. The molecule has 4 heteroatoms. The largest absolute Gasteiger partial charge is 0.843 e. The highest BCUT2D eigenvalue weighted by Gasteiger charge is 1.96. The van der Waals surface area contributed by atoms with Gasteiger partial charge in [0.25, 0.3) is 0 Å². The van der Waals surface area contributed by atoms with Gasteiger partial charge in [0.15, 0.2) is 0 Å². The minimum absolute atomic E-state index is 0.556. The summed E-state index contributed by atoms with van der Waals surface area (Å²) in [4.78, 5) is 3.53. The Morgan fingerprint density at radius 3 is 2.38 bits per heavy atom. The highest BCUT2D eigenvalue weighted by atomic mass is 16.3. The fourth-order valence-corrected chi connectivity index (χ4v) is 1.01. The van der Waals surface area contributed by atoms with Crippen LogP contribution in [0.4, 0.5) is 0 Å². The number of aromatic nitrogens is 3. The Morgan fingerprint density at radius 1 is 1.00 bits per heavy atom. The third-order valence-corrected chi connectivity index (χ3v) is 1.61. The molecule has 0 unspecified atom stereocenters. The van der Waals surface area contributed by atoms with Gasteiger partial charge in [0.1, 0.15) is 11.7 Å². The van der Waals surface area contributed by atoms with Crippen molar-refractivity contribution in [2.45, 2.75) is 0 Å². The van der Waals surface area contributed by atoms with Crippen LogP contribution >= 0.6 is 0 Å². The Labute approximate surface area is 74.9 Å². The molecule has 0 fully saturated rings. The highest BCUT2D eigenvalue weighted by Crippen LogP contribution is 2.13. The van der Waals surface area contributed by atoms with E-state index in [4.69, 9.17) is 0 Å². The van der Waals surface area contributed by atoms with Crippen LogP contribution in [-0.2, 0) is 0 Å². The summed E-state index contributed by atoms with van der Waals surface area (Å²) in [6.45, 7) is 0. The maximum Gasteiger partial charge on any atom is 0.111 e. The molecular formula is C9H6N3O-. The Kier molecular flexibility index (Phi) is 1.88. The Bertz CT molecular complexity index is 385. The molecule has 2 aromatic rings. The van der Waals surface area contributed by atoms with Crippen LogP contribution < -0.4 is 5.11 Å². The van der Waals surface area contributed by atoms with Crippen LogP contribution in [0.25, 0.3) is 11.3 Å². The summed E-state index contributed by atoms with van der Waals surface area (Å²) in [5, 5.41) is 17.6. The second-order valence-electron chi connectivity index (χ2n) is 2.49. The van der Waals surface area contributed by atoms with Crippen molar-refractivity contribution in [3.05, 3.63) is 36.5 Å². The van der Waals surface area contributed by atoms with Crippen molar-refractivity contribution in [3.63, 3.8) is 0 Å². The van der Waals surface area contributed by atoms with E-state index in [0.717, 1.165) is 5.56 Å². The number of hydrogen-bond donors (Lipinski definition) is 0. The molecule has 0 amide bonds. The molecule has 0 saturated carbocycles. The van der Waals surface area contributed by atoms with Gasteiger partial charge in [0.2, 0.25) is 0 Å². The summed E-state index contributed by atoms with van der Waals surface area (Å²) < 4.78 is 0. The molecule has 1 aromatic heterocycles. The molecule has 4 nitrogen and oxygen atoms in total. The first-order valence-corrected chi connectivity index (χ1v) is 3.78. The topological polar surface area (TPSA) is 61.7 Å². The van der Waals surface area contributed by atoms with Crippen molar-refractivity contribution in [2.75, 3.05) is 0 Å². The third-order valence-electron chi connectivity index (χ3n) is 1.61. The first-order chi connectivity index (χ1) is 6.36. The van der Waals surface area contributed by atoms with E-state index in [1.54, 1.807) is 0 Å². The molecule has 0 N–H and O–H groups in total. The van der Waals surface area contributed by atoms with E-state index in [0.29, 0.717) is 5.69 Å². The van der Waals surface area contributed by atoms with Gasteiger partial charge in [-0.15, -0.1) is 10.2 Å². The molecule has 0 saturated heterocycles. The lowest BCUT2D eigenvalue weighted by Gasteiger charge is -2.02. The van der Waals surface area contributed by atoms with Gasteiger partial charge in [-0.2, -0.15) is 0 Å². The van der Waals surface area contributed by atoms with Gasteiger partial charge in [-0.05, 0) is 0 Å². The SMILES string of the molecule is [O-]c1ncc(-c2ccccc2)nn1. The Balaban J connectivity index is 2.42. The van der Waals surface area contributed by atoms with E-state index in [1.165, 1.54) is 6.20 Å². The highest BCUT2D eigenvalue weighted by molar-refractivity contribution is 5.56. The molecule has 0 atom stereocenters. The third kappa shape index (κ3) is 1.61. The van der Waals surface area contributed by atoms with Crippen LogP contribution in [0.3, 0.4) is 0 Å². The van der Waals surface area contributed by atoms with Crippen LogP contribution in [0.5, 0.6) is 6.01 Å². The van der Waals surface area contributed by atoms with Crippen molar-refractivity contribution in [3.8, 4) is 17.3 Å². The summed E-state index contributed by atoms with van der Waals surface area (Å²) in [5.41, 5.74) is 1.52. The summed E-state index contributed by atoms with van der Waals surface area (Å²) in [5.74, 6) is 0. The van der Waals surface area contributed by atoms with E-state index in [1.807, 2.05) is 30.3 Å². The summed E-state index contributed by atoms with van der Waals surface area (Å²) in [7, 11) is 0. The second-order valence-corrected chi connectivity index (χ2v) is 2.49. The fraction of sp³-hybridized carbons (Fsp3) is 0. The second kappa shape index (κ2) is 3.18. The van der Waals surface area contributed by atoms with E-state index in [9.17, 15) is 5.11 Å². The van der Waals surface area contributed by atoms with Crippen LogP contribution in [0.15, 0.2) is 36.5 Å².